The number of H-pyrrole nitrogens is 1. The normalized spacial score (nSPS) is 12.0. The number of aromatic amines is 1. The van der Waals surface area contributed by atoms with Crippen LogP contribution in [0, 0.1) is 5.92 Å². The van der Waals surface area contributed by atoms with Gasteiger partial charge in [-0.15, -0.1) is 0 Å². The lowest BCUT2D eigenvalue weighted by atomic mass is 9.95. The maximum Gasteiger partial charge on any atom is 0.271 e. The van der Waals surface area contributed by atoms with Gasteiger partial charge in [-0.3, -0.25) is 9.59 Å². The van der Waals surface area contributed by atoms with Crippen molar-refractivity contribution in [2.75, 3.05) is 7.11 Å². The Morgan fingerprint density at radius 3 is 2.61 bits per heavy atom. The van der Waals surface area contributed by atoms with Crippen molar-refractivity contribution >= 4 is 5.91 Å². The highest BCUT2D eigenvalue weighted by Crippen LogP contribution is 2.21. The summed E-state index contributed by atoms with van der Waals surface area (Å²) >= 11 is 0. The first-order valence-corrected chi connectivity index (χ1v) is 7.49. The smallest absolute Gasteiger partial charge is 0.271 e. The first-order valence-electron chi connectivity index (χ1n) is 7.49. The molecule has 1 aromatic carbocycles. The van der Waals surface area contributed by atoms with Crippen molar-refractivity contribution in [3.8, 4) is 5.75 Å². The van der Waals surface area contributed by atoms with Gasteiger partial charge >= 0.3 is 0 Å². The van der Waals surface area contributed by atoms with Gasteiger partial charge in [-0.25, -0.2) is 5.10 Å². The van der Waals surface area contributed by atoms with Crippen molar-refractivity contribution < 1.29 is 9.53 Å². The molecule has 1 unspecified atom stereocenters. The Kier molecular flexibility index (Phi) is 5.51. The predicted molar refractivity (Wildman–Crippen MR) is 87.6 cm³/mol. The van der Waals surface area contributed by atoms with Gasteiger partial charge in [-0.05, 0) is 30.0 Å². The van der Waals surface area contributed by atoms with E-state index in [1.165, 1.54) is 12.1 Å². The molecule has 0 fully saturated rings. The zero-order valence-electron chi connectivity index (χ0n) is 13.5. The van der Waals surface area contributed by atoms with E-state index in [0.717, 1.165) is 11.3 Å². The Balaban J connectivity index is 2.14. The third kappa shape index (κ3) is 4.42. The first kappa shape index (κ1) is 16.7. The molecule has 0 saturated carbocycles. The summed E-state index contributed by atoms with van der Waals surface area (Å²) in [7, 11) is 1.63. The molecule has 1 aromatic heterocycles. The van der Waals surface area contributed by atoms with E-state index >= 15 is 0 Å². The van der Waals surface area contributed by atoms with Crippen molar-refractivity contribution in [2.45, 2.75) is 26.3 Å². The number of benzene rings is 1. The van der Waals surface area contributed by atoms with Crippen LogP contribution in [0.1, 0.15) is 29.9 Å². The van der Waals surface area contributed by atoms with E-state index in [2.05, 4.69) is 15.5 Å². The quantitative estimate of drug-likeness (QED) is 0.851. The topological polar surface area (TPSA) is 84.1 Å². The summed E-state index contributed by atoms with van der Waals surface area (Å²) in [5, 5.41) is 8.99. The van der Waals surface area contributed by atoms with Crippen LogP contribution in [0.5, 0.6) is 5.75 Å². The minimum atomic E-state index is -0.337. The third-order valence-electron chi connectivity index (χ3n) is 3.67. The fourth-order valence-corrected chi connectivity index (χ4v) is 2.28. The fraction of sp³-hybridized carbons (Fsp3) is 0.353. The van der Waals surface area contributed by atoms with Crippen LogP contribution in [-0.2, 0) is 6.42 Å². The van der Waals surface area contributed by atoms with Crippen LogP contribution in [0.2, 0.25) is 0 Å². The minimum Gasteiger partial charge on any atom is -0.496 e. The lowest BCUT2D eigenvalue weighted by Gasteiger charge is -2.23. The van der Waals surface area contributed by atoms with Crippen LogP contribution >= 0.6 is 0 Å². The number of nitrogens with zero attached hydrogens (tertiary/aromatic N) is 1. The zero-order valence-corrected chi connectivity index (χ0v) is 13.5. The predicted octanol–water partition coefficient (Wildman–Crippen LogP) is 1.78. The number of methoxy groups -OCH3 is 1. The molecule has 1 amide bonds. The van der Waals surface area contributed by atoms with Crippen molar-refractivity contribution in [2.24, 2.45) is 5.92 Å². The molecule has 23 heavy (non-hydrogen) atoms. The first-order chi connectivity index (χ1) is 11.0. The maximum absolute atomic E-state index is 12.3. The van der Waals surface area contributed by atoms with Crippen molar-refractivity contribution in [3.63, 3.8) is 0 Å². The molecule has 0 aliphatic carbocycles. The summed E-state index contributed by atoms with van der Waals surface area (Å²) in [6, 6.07) is 10.4. The number of ether oxygens (including phenoxy) is 1. The zero-order chi connectivity index (χ0) is 16.8. The molecule has 6 heteroatoms. The van der Waals surface area contributed by atoms with Gasteiger partial charge < -0.3 is 10.1 Å². The Morgan fingerprint density at radius 2 is 2.00 bits per heavy atom. The van der Waals surface area contributed by atoms with Crippen LogP contribution < -0.4 is 15.6 Å². The summed E-state index contributed by atoms with van der Waals surface area (Å²) in [6.45, 7) is 4.08. The van der Waals surface area contributed by atoms with E-state index < -0.39 is 0 Å². The summed E-state index contributed by atoms with van der Waals surface area (Å²) in [4.78, 5) is 23.3. The fourth-order valence-electron chi connectivity index (χ4n) is 2.28. The number of amides is 1. The second-order valence-electron chi connectivity index (χ2n) is 5.65. The number of rotatable bonds is 6. The standard InChI is InChI=1S/C17H21N3O3/c1-11(2)14(10-12-6-4-5-7-15(12)23-3)18-17(22)13-8-9-16(21)20-19-13/h4-9,11,14H,10H2,1-3H3,(H,18,22)(H,20,21). The molecule has 122 valence electrons. The molecule has 6 nitrogen and oxygen atoms in total. The number of carbonyl (C=O) groups is 1. The Hall–Kier alpha value is -2.63. The summed E-state index contributed by atoms with van der Waals surface area (Å²) in [5.74, 6) is 0.719. The molecule has 1 heterocycles. The lowest BCUT2D eigenvalue weighted by Crippen LogP contribution is -2.40. The van der Waals surface area contributed by atoms with Gasteiger partial charge in [0.25, 0.3) is 11.5 Å². The van der Waals surface area contributed by atoms with Crippen LogP contribution in [-0.4, -0.2) is 29.3 Å². The molecule has 0 spiro atoms. The second kappa shape index (κ2) is 7.58. The highest BCUT2D eigenvalue weighted by Gasteiger charge is 2.20. The van der Waals surface area contributed by atoms with Crippen LogP contribution in [0.15, 0.2) is 41.2 Å². The highest BCUT2D eigenvalue weighted by molar-refractivity contribution is 5.92. The van der Waals surface area contributed by atoms with Gasteiger partial charge in [-0.2, -0.15) is 5.10 Å². The van der Waals surface area contributed by atoms with Gasteiger partial charge in [0, 0.05) is 12.1 Å². The maximum atomic E-state index is 12.3. The monoisotopic (exact) mass is 315 g/mol. The van der Waals surface area contributed by atoms with Crippen LogP contribution in [0.25, 0.3) is 0 Å². The number of aromatic nitrogens is 2. The number of para-hydroxylation sites is 1. The molecule has 1 atom stereocenters. The van der Waals surface area contributed by atoms with Crippen molar-refractivity contribution in [1.82, 2.24) is 15.5 Å². The average Bonchev–Trinajstić information content (AvgIpc) is 2.55. The molecular weight excluding hydrogens is 294 g/mol. The van der Waals surface area contributed by atoms with E-state index in [4.69, 9.17) is 4.74 Å². The van der Waals surface area contributed by atoms with Gasteiger partial charge in [-0.1, -0.05) is 32.0 Å². The Bertz CT molecular complexity index is 705. The van der Waals surface area contributed by atoms with Crippen LogP contribution in [0.4, 0.5) is 0 Å². The average molecular weight is 315 g/mol. The molecular formula is C17H21N3O3. The molecule has 0 radical (unpaired) electrons. The van der Waals surface area contributed by atoms with Gasteiger partial charge in [0.1, 0.15) is 11.4 Å². The van der Waals surface area contributed by atoms with Crippen molar-refractivity contribution in [1.29, 1.82) is 0 Å². The van der Waals surface area contributed by atoms with E-state index in [-0.39, 0.29) is 29.1 Å². The Labute approximate surface area is 134 Å². The SMILES string of the molecule is COc1ccccc1CC(NC(=O)c1ccc(=O)[nH]n1)C(C)C. The second-order valence-corrected chi connectivity index (χ2v) is 5.65. The molecule has 0 aliphatic heterocycles. The molecule has 0 aliphatic rings. The van der Waals surface area contributed by atoms with Gasteiger partial charge in [0.05, 0.1) is 7.11 Å². The van der Waals surface area contributed by atoms with Crippen LogP contribution in [0.3, 0.4) is 0 Å². The number of hydrogen-bond acceptors (Lipinski definition) is 4. The highest BCUT2D eigenvalue weighted by atomic mass is 16.5. The largest absolute Gasteiger partial charge is 0.496 e. The summed E-state index contributed by atoms with van der Waals surface area (Å²) in [6.07, 6.45) is 0.650. The molecule has 2 aromatic rings. The number of carbonyl (C=O) groups excluding carboxylic acids is 1. The minimum absolute atomic E-state index is 0.0764. The lowest BCUT2D eigenvalue weighted by molar-refractivity contribution is 0.0919. The Morgan fingerprint density at radius 1 is 1.26 bits per heavy atom. The third-order valence-corrected chi connectivity index (χ3v) is 3.67. The van der Waals surface area contributed by atoms with E-state index in [1.54, 1.807) is 7.11 Å². The number of nitrogens with one attached hydrogen (secondary N) is 2. The molecule has 2 N–H and O–H groups in total. The number of hydrogen-bond donors (Lipinski definition) is 2. The van der Waals surface area contributed by atoms with Gasteiger partial charge in [0.2, 0.25) is 0 Å². The molecule has 0 saturated heterocycles. The van der Waals surface area contributed by atoms with E-state index in [0.29, 0.717) is 6.42 Å². The van der Waals surface area contributed by atoms with E-state index in [1.807, 2.05) is 38.1 Å². The molecule has 0 bridgehead atoms. The summed E-state index contributed by atoms with van der Waals surface area (Å²) in [5.41, 5.74) is 0.884. The summed E-state index contributed by atoms with van der Waals surface area (Å²) < 4.78 is 5.36. The van der Waals surface area contributed by atoms with Crippen molar-refractivity contribution in [3.05, 3.63) is 58.0 Å². The molecule has 2 rings (SSSR count). The van der Waals surface area contributed by atoms with E-state index in [9.17, 15) is 9.59 Å². The van der Waals surface area contributed by atoms with Gasteiger partial charge in [0.15, 0.2) is 0 Å².